The monoisotopic (exact) mass is 498 g/mol. The van der Waals surface area contributed by atoms with E-state index < -0.39 is 41.5 Å². The fraction of sp³-hybridized carbons (Fsp3) is 0.760. The van der Waals surface area contributed by atoms with Crippen LogP contribution >= 0.6 is 0 Å². The first-order chi connectivity index (χ1) is 16.1. The summed E-state index contributed by atoms with van der Waals surface area (Å²) in [7, 11) is 0. The second-order valence-electron chi connectivity index (χ2n) is 10.7. The van der Waals surface area contributed by atoms with Crippen LogP contribution in [0.5, 0.6) is 0 Å². The molecule has 1 heterocycles. The highest BCUT2D eigenvalue weighted by Crippen LogP contribution is 2.26. The number of alkyl carbamates (subject to hydrolysis) is 1. The Labute approximate surface area is 208 Å². The average molecular weight is 499 g/mol. The molecule has 1 rings (SSSR count). The molecule has 0 spiro atoms. The fourth-order valence-electron chi connectivity index (χ4n) is 3.25. The van der Waals surface area contributed by atoms with Crippen LogP contribution in [0, 0.1) is 0 Å². The van der Waals surface area contributed by atoms with E-state index in [1.54, 1.807) is 48.5 Å². The van der Waals surface area contributed by atoms with Crippen LogP contribution in [0.15, 0.2) is 12.2 Å². The van der Waals surface area contributed by atoms with Crippen molar-refractivity contribution in [3.8, 4) is 0 Å². The number of nitrogens with one attached hydrogen (secondary N) is 1. The summed E-state index contributed by atoms with van der Waals surface area (Å²) in [5.74, 6) is -0.954. The molecular weight excluding hydrogens is 456 g/mol. The van der Waals surface area contributed by atoms with Crippen molar-refractivity contribution >= 4 is 24.1 Å². The molecule has 0 unspecified atom stereocenters. The van der Waals surface area contributed by atoms with Gasteiger partial charge in [-0.05, 0) is 67.7 Å². The van der Waals surface area contributed by atoms with Crippen LogP contribution in [0.25, 0.3) is 0 Å². The summed E-state index contributed by atoms with van der Waals surface area (Å²) < 4.78 is 21.4. The first-order valence-electron chi connectivity index (χ1n) is 12.1. The maximum atomic E-state index is 12.7. The lowest BCUT2D eigenvalue weighted by Gasteiger charge is -2.29. The molecule has 35 heavy (non-hydrogen) atoms. The van der Waals surface area contributed by atoms with Gasteiger partial charge in [-0.25, -0.2) is 19.2 Å². The van der Waals surface area contributed by atoms with Crippen molar-refractivity contribution in [3.05, 3.63) is 12.2 Å². The molecule has 0 aromatic rings. The molecule has 1 fully saturated rings. The van der Waals surface area contributed by atoms with Crippen molar-refractivity contribution in [1.82, 2.24) is 10.2 Å². The van der Waals surface area contributed by atoms with Crippen LogP contribution in [0.1, 0.15) is 80.6 Å². The number of likely N-dealkylation sites (tertiary alicyclic amines) is 1. The van der Waals surface area contributed by atoms with Gasteiger partial charge >= 0.3 is 24.1 Å². The largest absolute Gasteiger partial charge is 0.462 e. The lowest BCUT2D eigenvalue weighted by Crippen LogP contribution is -2.45. The Bertz CT molecular complexity index is 730. The van der Waals surface area contributed by atoms with Gasteiger partial charge in [-0.15, -0.1) is 0 Å². The third kappa shape index (κ3) is 12.5. The van der Waals surface area contributed by atoms with Gasteiger partial charge in [-0.3, -0.25) is 4.90 Å². The first kappa shape index (κ1) is 30.3. The Morgan fingerprint density at radius 2 is 1.54 bits per heavy atom. The van der Waals surface area contributed by atoms with E-state index in [2.05, 4.69) is 11.9 Å². The second-order valence-corrected chi connectivity index (χ2v) is 10.7. The Morgan fingerprint density at radius 3 is 2.11 bits per heavy atom. The van der Waals surface area contributed by atoms with Crippen molar-refractivity contribution in [3.63, 3.8) is 0 Å². The highest BCUT2D eigenvalue weighted by Gasteiger charge is 2.44. The summed E-state index contributed by atoms with van der Waals surface area (Å²) in [5.41, 5.74) is -1.08. The lowest BCUT2D eigenvalue weighted by molar-refractivity contribution is -0.160. The van der Waals surface area contributed by atoms with Crippen molar-refractivity contribution in [2.45, 2.75) is 104 Å². The number of esters is 2. The molecule has 1 saturated heterocycles. The SMILES string of the molecule is C=C(C)C(=O)OCCCCCCNC(=O)O[C@@H]1C[C@@H](C(=O)OC(C)(C)C)N(C(=O)OC(C)(C)C)C1. The van der Waals surface area contributed by atoms with Gasteiger partial charge in [0.25, 0.3) is 0 Å². The molecule has 2 amide bonds. The number of nitrogens with zero attached hydrogens (tertiary/aromatic N) is 1. The normalized spacial score (nSPS) is 18.0. The fourth-order valence-corrected chi connectivity index (χ4v) is 3.25. The lowest BCUT2D eigenvalue weighted by atomic mass is 10.1. The summed E-state index contributed by atoms with van der Waals surface area (Å²) in [6, 6.07) is -0.902. The van der Waals surface area contributed by atoms with Crippen molar-refractivity contribution in [2.24, 2.45) is 0 Å². The Kier molecular flexibility index (Phi) is 11.5. The van der Waals surface area contributed by atoms with E-state index in [1.165, 1.54) is 4.90 Å². The van der Waals surface area contributed by atoms with Gasteiger partial charge in [0.1, 0.15) is 23.3 Å². The van der Waals surface area contributed by atoms with E-state index in [9.17, 15) is 19.2 Å². The van der Waals surface area contributed by atoms with Crippen LogP contribution in [0.3, 0.4) is 0 Å². The van der Waals surface area contributed by atoms with Gasteiger partial charge < -0.3 is 24.3 Å². The zero-order valence-corrected chi connectivity index (χ0v) is 22.2. The van der Waals surface area contributed by atoms with Crippen molar-refractivity contribution < 1.29 is 38.1 Å². The number of rotatable bonds is 10. The minimum absolute atomic E-state index is 0.0369. The van der Waals surface area contributed by atoms with E-state index in [4.69, 9.17) is 18.9 Å². The number of hydrogen-bond acceptors (Lipinski definition) is 8. The molecule has 10 heteroatoms. The Morgan fingerprint density at radius 1 is 0.943 bits per heavy atom. The second kappa shape index (κ2) is 13.3. The van der Waals surface area contributed by atoms with Gasteiger partial charge in [0.2, 0.25) is 0 Å². The minimum Gasteiger partial charge on any atom is -0.462 e. The summed E-state index contributed by atoms with van der Waals surface area (Å²) >= 11 is 0. The predicted octanol–water partition coefficient (Wildman–Crippen LogP) is 4.11. The van der Waals surface area contributed by atoms with Crippen LogP contribution in [-0.4, -0.2) is 72.1 Å². The van der Waals surface area contributed by atoms with E-state index in [0.29, 0.717) is 18.7 Å². The van der Waals surface area contributed by atoms with Crippen LogP contribution in [-0.2, 0) is 28.5 Å². The standard InChI is InChI=1S/C25H42N2O8/c1-17(2)20(28)32-14-12-10-9-11-13-26-22(30)33-18-15-19(21(29)34-24(3,4)5)27(16-18)23(31)35-25(6,7)8/h18-19H,1,9-16H2,2-8H3,(H,26,30)/t18-,19+/m1/s1. The average Bonchev–Trinajstić information content (AvgIpc) is 3.11. The molecule has 0 radical (unpaired) electrons. The molecule has 200 valence electrons. The molecule has 1 aliphatic heterocycles. The Hall–Kier alpha value is -2.78. The molecule has 2 atom stereocenters. The van der Waals surface area contributed by atoms with Gasteiger partial charge in [0, 0.05) is 18.5 Å². The number of carbonyl (C=O) groups is 4. The topological polar surface area (TPSA) is 120 Å². The van der Waals surface area contributed by atoms with Gasteiger partial charge in [0.05, 0.1) is 13.2 Å². The minimum atomic E-state index is -0.902. The van der Waals surface area contributed by atoms with Gasteiger partial charge in [0.15, 0.2) is 0 Å². The van der Waals surface area contributed by atoms with E-state index in [1.807, 2.05) is 0 Å². The van der Waals surface area contributed by atoms with Gasteiger partial charge in [-0.1, -0.05) is 13.0 Å². The summed E-state index contributed by atoms with van der Waals surface area (Å²) in [6.45, 7) is 16.4. The molecule has 0 aromatic heterocycles. The first-order valence-corrected chi connectivity index (χ1v) is 12.1. The van der Waals surface area contributed by atoms with Crippen molar-refractivity contribution in [2.75, 3.05) is 19.7 Å². The third-order valence-electron chi connectivity index (χ3n) is 4.77. The van der Waals surface area contributed by atoms with E-state index >= 15 is 0 Å². The highest BCUT2D eigenvalue weighted by atomic mass is 16.6. The molecular formula is C25H42N2O8. The van der Waals surface area contributed by atoms with Crippen LogP contribution in [0.2, 0.25) is 0 Å². The maximum absolute atomic E-state index is 12.7. The molecule has 0 bridgehead atoms. The van der Waals surface area contributed by atoms with E-state index in [0.717, 1.165) is 25.7 Å². The number of amides is 2. The zero-order chi connectivity index (χ0) is 26.8. The summed E-state index contributed by atoms with van der Waals surface area (Å²) in [4.78, 5) is 50.2. The smallest absolute Gasteiger partial charge is 0.411 e. The predicted molar refractivity (Wildman–Crippen MR) is 130 cm³/mol. The zero-order valence-electron chi connectivity index (χ0n) is 22.2. The number of unbranched alkanes of at least 4 members (excludes halogenated alkanes) is 3. The quantitative estimate of drug-likeness (QED) is 0.207. The van der Waals surface area contributed by atoms with Gasteiger partial charge in [-0.2, -0.15) is 0 Å². The molecule has 0 aliphatic carbocycles. The third-order valence-corrected chi connectivity index (χ3v) is 4.77. The molecule has 0 aromatic carbocycles. The van der Waals surface area contributed by atoms with Crippen LogP contribution in [0.4, 0.5) is 9.59 Å². The molecule has 1 aliphatic rings. The molecule has 0 saturated carbocycles. The maximum Gasteiger partial charge on any atom is 0.411 e. The van der Waals surface area contributed by atoms with E-state index in [-0.39, 0.29) is 18.9 Å². The summed E-state index contributed by atoms with van der Waals surface area (Å²) in [5, 5.41) is 2.69. The van der Waals surface area contributed by atoms with Crippen molar-refractivity contribution in [1.29, 1.82) is 0 Å². The summed E-state index contributed by atoms with van der Waals surface area (Å²) in [6.07, 6.45) is 1.37. The number of carbonyl (C=O) groups excluding carboxylic acids is 4. The number of ether oxygens (including phenoxy) is 4. The molecule has 1 N–H and O–H groups in total. The number of hydrogen-bond donors (Lipinski definition) is 1. The Balaban J connectivity index is 2.47. The molecule has 10 nitrogen and oxygen atoms in total. The highest BCUT2D eigenvalue weighted by molar-refractivity contribution is 5.86. The van der Waals surface area contributed by atoms with Crippen LogP contribution < -0.4 is 5.32 Å².